The Balaban J connectivity index is 1.62. The Labute approximate surface area is 111 Å². The minimum atomic E-state index is 0.474. The molecule has 0 aromatic carbocycles. The van der Waals surface area contributed by atoms with Crippen molar-refractivity contribution >= 4 is 5.78 Å². The first-order valence-electron chi connectivity index (χ1n) is 7.93. The molecule has 3 aliphatic rings. The minimum absolute atomic E-state index is 0.474. The lowest BCUT2D eigenvalue weighted by atomic mass is 9.66. The average Bonchev–Trinajstić information content (AvgIpc) is 2.39. The minimum Gasteiger partial charge on any atom is -0.299 e. The highest BCUT2D eigenvalue weighted by Gasteiger charge is 2.33. The van der Waals surface area contributed by atoms with Crippen LogP contribution in [0.25, 0.3) is 0 Å². The zero-order valence-electron chi connectivity index (χ0n) is 11.7. The number of carbonyl (C=O) groups is 1. The second-order valence-electron chi connectivity index (χ2n) is 6.98. The van der Waals surface area contributed by atoms with E-state index in [-0.39, 0.29) is 0 Å². The van der Waals surface area contributed by atoms with Gasteiger partial charge in [-0.15, -0.1) is 0 Å². The number of ketones is 1. The molecule has 18 heavy (non-hydrogen) atoms. The van der Waals surface area contributed by atoms with Crippen LogP contribution in [0.5, 0.6) is 0 Å². The molecule has 3 aliphatic carbocycles. The van der Waals surface area contributed by atoms with E-state index in [2.05, 4.69) is 13.0 Å². The van der Waals surface area contributed by atoms with Gasteiger partial charge in [-0.3, -0.25) is 4.79 Å². The van der Waals surface area contributed by atoms with Crippen LogP contribution in [0.4, 0.5) is 0 Å². The Bertz CT molecular complexity index is 347. The molecule has 0 N–H and O–H groups in total. The first-order valence-corrected chi connectivity index (χ1v) is 7.93. The molecule has 0 saturated heterocycles. The molecule has 0 aromatic heterocycles. The van der Waals surface area contributed by atoms with Gasteiger partial charge in [-0.2, -0.15) is 0 Å². The van der Waals surface area contributed by atoms with Gasteiger partial charge in [0.05, 0.1) is 0 Å². The highest BCUT2D eigenvalue weighted by atomic mass is 16.1. The third-order valence-electron chi connectivity index (χ3n) is 5.69. The quantitative estimate of drug-likeness (QED) is 0.622. The number of Topliss-reactive ketones (excluding diaryl/α,β-unsaturated/α-hetero) is 1. The third kappa shape index (κ3) is 2.55. The largest absolute Gasteiger partial charge is 0.299 e. The van der Waals surface area contributed by atoms with E-state index in [4.69, 9.17) is 0 Å². The molecule has 100 valence electrons. The van der Waals surface area contributed by atoms with Gasteiger partial charge in [0.15, 0.2) is 0 Å². The molecule has 1 nitrogen and oxygen atoms in total. The molecule has 0 aliphatic heterocycles. The molecule has 2 saturated carbocycles. The zero-order chi connectivity index (χ0) is 12.5. The standard InChI is InChI=1S/C17H26O/c1-12-2-4-13(5-3-12)14-6-7-16-11-17(18)9-8-15(16)10-14/h7,12-15H,2-6,8-11H2,1H3. The number of fused-ring (bicyclic) bond motifs is 1. The number of rotatable bonds is 1. The maximum Gasteiger partial charge on any atom is 0.136 e. The Morgan fingerprint density at radius 2 is 1.83 bits per heavy atom. The molecule has 2 unspecified atom stereocenters. The van der Waals surface area contributed by atoms with E-state index in [0.29, 0.717) is 5.78 Å². The van der Waals surface area contributed by atoms with Crippen molar-refractivity contribution in [1.29, 1.82) is 0 Å². The summed E-state index contributed by atoms with van der Waals surface area (Å²) in [4.78, 5) is 11.5. The molecule has 0 bridgehead atoms. The number of hydrogen-bond donors (Lipinski definition) is 0. The molecular weight excluding hydrogens is 220 g/mol. The summed E-state index contributed by atoms with van der Waals surface area (Å²) < 4.78 is 0. The highest BCUT2D eigenvalue weighted by Crippen LogP contribution is 2.44. The number of carbonyl (C=O) groups excluding carboxylic acids is 1. The SMILES string of the molecule is CC1CCC(C2CC=C3CC(=O)CCC3C2)CC1. The van der Waals surface area contributed by atoms with Gasteiger partial charge in [-0.05, 0) is 55.8 Å². The van der Waals surface area contributed by atoms with Crippen LogP contribution in [0.15, 0.2) is 11.6 Å². The summed E-state index contributed by atoms with van der Waals surface area (Å²) in [5.74, 6) is 4.11. The van der Waals surface area contributed by atoms with Gasteiger partial charge in [0, 0.05) is 12.8 Å². The Hall–Kier alpha value is -0.590. The maximum absolute atomic E-state index is 11.5. The van der Waals surface area contributed by atoms with Gasteiger partial charge < -0.3 is 0 Å². The van der Waals surface area contributed by atoms with E-state index in [9.17, 15) is 4.79 Å². The van der Waals surface area contributed by atoms with Crippen molar-refractivity contribution in [2.45, 2.75) is 64.7 Å². The van der Waals surface area contributed by atoms with Gasteiger partial charge in [0.2, 0.25) is 0 Å². The van der Waals surface area contributed by atoms with Gasteiger partial charge in [0.1, 0.15) is 5.78 Å². The van der Waals surface area contributed by atoms with Crippen molar-refractivity contribution in [1.82, 2.24) is 0 Å². The first-order chi connectivity index (χ1) is 8.72. The predicted octanol–water partition coefficient (Wildman–Crippen LogP) is 4.52. The first kappa shape index (κ1) is 12.4. The summed E-state index contributed by atoms with van der Waals surface area (Å²) in [6.45, 7) is 2.40. The monoisotopic (exact) mass is 246 g/mol. The van der Waals surface area contributed by atoms with Crippen molar-refractivity contribution < 1.29 is 4.79 Å². The van der Waals surface area contributed by atoms with E-state index in [1.54, 1.807) is 0 Å². The fourth-order valence-corrected chi connectivity index (χ4v) is 4.40. The molecule has 3 rings (SSSR count). The topological polar surface area (TPSA) is 17.1 Å². The van der Waals surface area contributed by atoms with Gasteiger partial charge >= 0.3 is 0 Å². The molecule has 0 heterocycles. The van der Waals surface area contributed by atoms with Crippen LogP contribution in [-0.2, 0) is 4.79 Å². The lowest BCUT2D eigenvalue weighted by Crippen LogP contribution is -2.28. The number of allylic oxidation sites excluding steroid dienone is 2. The molecule has 2 atom stereocenters. The molecule has 1 heteroatoms. The fourth-order valence-electron chi connectivity index (χ4n) is 4.40. The van der Waals surface area contributed by atoms with E-state index in [0.717, 1.165) is 42.9 Å². The summed E-state index contributed by atoms with van der Waals surface area (Å²) in [6.07, 6.45) is 13.7. The second kappa shape index (κ2) is 5.19. The summed E-state index contributed by atoms with van der Waals surface area (Å²) in [7, 11) is 0. The van der Waals surface area contributed by atoms with Crippen molar-refractivity contribution in [2.24, 2.45) is 23.7 Å². The molecule has 0 aromatic rings. The van der Waals surface area contributed by atoms with E-state index < -0.39 is 0 Å². The highest BCUT2D eigenvalue weighted by molar-refractivity contribution is 5.82. The second-order valence-corrected chi connectivity index (χ2v) is 6.98. The van der Waals surface area contributed by atoms with E-state index in [1.165, 1.54) is 44.1 Å². The van der Waals surface area contributed by atoms with E-state index in [1.807, 2.05) is 0 Å². The summed E-state index contributed by atoms with van der Waals surface area (Å²) in [5.41, 5.74) is 1.49. The van der Waals surface area contributed by atoms with Crippen LogP contribution in [0.2, 0.25) is 0 Å². The molecular formula is C17H26O. The van der Waals surface area contributed by atoms with Crippen molar-refractivity contribution in [3.8, 4) is 0 Å². The Morgan fingerprint density at radius 3 is 2.61 bits per heavy atom. The molecule has 0 spiro atoms. The Kier molecular flexibility index (Phi) is 3.59. The van der Waals surface area contributed by atoms with Crippen LogP contribution in [-0.4, -0.2) is 5.78 Å². The lowest BCUT2D eigenvalue weighted by Gasteiger charge is -2.39. The van der Waals surface area contributed by atoms with Crippen molar-refractivity contribution in [2.75, 3.05) is 0 Å². The molecule has 0 amide bonds. The summed E-state index contributed by atoms with van der Waals surface area (Å²) >= 11 is 0. The smallest absolute Gasteiger partial charge is 0.136 e. The summed E-state index contributed by atoms with van der Waals surface area (Å²) in [5, 5.41) is 0. The van der Waals surface area contributed by atoms with Crippen LogP contribution < -0.4 is 0 Å². The molecule has 2 fully saturated rings. The number of hydrogen-bond acceptors (Lipinski definition) is 1. The van der Waals surface area contributed by atoms with Crippen LogP contribution in [0, 0.1) is 23.7 Å². The molecule has 0 radical (unpaired) electrons. The van der Waals surface area contributed by atoms with Crippen molar-refractivity contribution in [3.05, 3.63) is 11.6 Å². The fraction of sp³-hybridized carbons (Fsp3) is 0.824. The van der Waals surface area contributed by atoms with Gasteiger partial charge in [-0.25, -0.2) is 0 Å². The van der Waals surface area contributed by atoms with E-state index >= 15 is 0 Å². The van der Waals surface area contributed by atoms with Crippen LogP contribution in [0.3, 0.4) is 0 Å². The normalized spacial score (nSPS) is 41.2. The third-order valence-corrected chi connectivity index (χ3v) is 5.69. The van der Waals surface area contributed by atoms with Gasteiger partial charge in [-0.1, -0.05) is 31.4 Å². The predicted molar refractivity (Wildman–Crippen MR) is 74.3 cm³/mol. The average molecular weight is 246 g/mol. The summed E-state index contributed by atoms with van der Waals surface area (Å²) in [6, 6.07) is 0. The Morgan fingerprint density at radius 1 is 1.06 bits per heavy atom. The maximum atomic E-state index is 11.5. The van der Waals surface area contributed by atoms with Crippen LogP contribution >= 0.6 is 0 Å². The lowest BCUT2D eigenvalue weighted by molar-refractivity contribution is -0.119. The van der Waals surface area contributed by atoms with Crippen LogP contribution in [0.1, 0.15) is 64.7 Å². The van der Waals surface area contributed by atoms with Gasteiger partial charge in [0.25, 0.3) is 0 Å². The van der Waals surface area contributed by atoms with Crippen molar-refractivity contribution in [3.63, 3.8) is 0 Å². The zero-order valence-corrected chi connectivity index (χ0v) is 11.7.